The van der Waals surface area contributed by atoms with E-state index in [9.17, 15) is 19.1 Å². The largest absolute Gasteiger partial charge is 0.496 e. The zero-order valence-electron chi connectivity index (χ0n) is 18.0. The molecule has 0 bridgehead atoms. The Hall–Kier alpha value is -4.02. The summed E-state index contributed by atoms with van der Waals surface area (Å²) < 4.78 is 25.6. The number of carboxylic acid groups (broad SMARTS) is 1. The summed E-state index contributed by atoms with van der Waals surface area (Å²) in [5.74, 6) is -2.22. The van der Waals surface area contributed by atoms with E-state index in [4.69, 9.17) is 9.47 Å². The van der Waals surface area contributed by atoms with Gasteiger partial charge in [-0.05, 0) is 38.0 Å². The smallest absolute Gasteiger partial charge is 0.345 e. The fourth-order valence-electron chi connectivity index (χ4n) is 3.87. The maximum atomic E-state index is 14.6. The number of hydrogen-bond donors (Lipinski definition) is 1. The standard InChI is InChI=1S/C22H22FN5O5/c1-13-6-7-14(33-20-18(22(30)31)17(32-2)8-9-24-20)12-27(13)21(29)15-4-3-5-16(23)19(15)28-25-10-11-26-28/h3-5,8-11,13-14H,6-7,12H2,1-2H3,(H,30,31)/t13-,14-/m1/s1. The van der Waals surface area contributed by atoms with E-state index in [2.05, 4.69) is 15.2 Å². The second kappa shape index (κ2) is 9.23. The molecule has 1 saturated heterocycles. The number of benzene rings is 1. The highest BCUT2D eigenvalue weighted by molar-refractivity contribution is 5.98. The van der Waals surface area contributed by atoms with Crippen LogP contribution in [0.4, 0.5) is 4.39 Å². The molecule has 33 heavy (non-hydrogen) atoms. The molecular formula is C22H22FN5O5. The maximum absolute atomic E-state index is 14.6. The van der Waals surface area contributed by atoms with E-state index in [1.807, 2.05) is 6.92 Å². The van der Waals surface area contributed by atoms with E-state index in [1.165, 1.54) is 50.0 Å². The van der Waals surface area contributed by atoms with Crippen molar-refractivity contribution >= 4 is 11.9 Å². The van der Waals surface area contributed by atoms with Crippen LogP contribution >= 0.6 is 0 Å². The fraction of sp³-hybridized carbons (Fsp3) is 0.318. The van der Waals surface area contributed by atoms with Gasteiger partial charge in [0.25, 0.3) is 5.91 Å². The van der Waals surface area contributed by atoms with Crippen LogP contribution in [0, 0.1) is 5.82 Å². The third kappa shape index (κ3) is 4.34. The number of amides is 1. The summed E-state index contributed by atoms with van der Waals surface area (Å²) in [4.78, 5) is 31.9. The number of carboxylic acids is 1. The second-order valence-electron chi connectivity index (χ2n) is 7.58. The van der Waals surface area contributed by atoms with Gasteiger partial charge in [0, 0.05) is 12.2 Å². The summed E-state index contributed by atoms with van der Waals surface area (Å²) in [6.45, 7) is 2.06. The van der Waals surface area contributed by atoms with Crippen LogP contribution in [0.3, 0.4) is 0 Å². The van der Waals surface area contributed by atoms with Crippen molar-refractivity contribution < 1.29 is 28.6 Å². The third-order valence-electron chi connectivity index (χ3n) is 5.53. The molecule has 0 saturated carbocycles. The Morgan fingerprint density at radius 2 is 1.91 bits per heavy atom. The Morgan fingerprint density at radius 3 is 2.61 bits per heavy atom. The number of nitrogens with zero attached hydrogens (tertiary/aromatic N) is 5. The van der Waals surface area contributed by atoms with Crippen LogP contribution in [-0.2, 0) is 0 Å². The lowest BCUT2D eigenvalue weighted by molar-refractivity contribution is 0.0361. The fourth-order valence-corrected chi connectivity index (χ4v) is 3.87. The van der Waals surface area contributed by atoms with Gasteiger partial charge in [-0.25, -0.2) is 14.2 Å². The first-order chi connectivity index (χ1) is 15.9. The van der Waals surface area contributed by atoms with Crippen molar-refractivity contribution in [1.82, 2.24) is 24.9 Å². The normalized spacial score (nSPS) is 18.1. The first-order valence-corrected chi connectivity index (χ1v) is 10.3. The average molecular weight is 455 g/mol. The number of pyridine rings is 1. The van der Waals surface area contributed by atoms with Crippen molar-refractivity contribution in [1.29, 1.82) is 0 Å². The quantitative estimate of drug-likeness (QED) is 0.602. The number of para-hydroxylation sites is 1. The summed E-state index contributed by atoms with van der Waals surface area (Å²) in [5.41, 5.74) is -0.108. The molecule has 2 aromatic heterocycles. The summed E-state index contributed by atoms with van der Waals surface area (Å²) in [6.07, 6.45) is 4.87. The number of aromatic carboxylic acids is 1. The number of hydrogen-bond acceptors (Lipinski definition) is 7. The molecule has 1 aromatic carbocycles. The maximum Gasteiger partial charge on any atom is 0.345 e. The number of aromatic nitrogens is 4. The van der Waals surface area contributed by atoms with Gasteiger partial charge in [0.15, 0.2) is 11.4 Å². The minimum Gasteiger partial charge on any atom is -0.496 e. The lowest BCUT2D eigenvalue weighted by Gasteiger charge is -2.38. The van der Waals surface area contributed by atoms with Crippen LogP contribution in [0.5, 0.6) is 11.6 Å². The minimum atomic E-state index is -1.23. The molecule has 0 spiro atoms. The van der Waals surface area contributed by atoms with Gasteiger partial charge >= 0.3 is 5.97 Å². The van der Waals surface area contributed by atoms with Crippen molar-refractivity contribution in [2.75, 3.05) is 13.7 Å². The van der Waals surface area contributed by atoms with Crippen LogP contribution in [0.1, 0.15) is 40.5 Å². The molecule has 1 aliphatic heterocycles. The monoisotopic (exact) mass is 455 g/mol. The van der Waals surface area contributed by atoms with Crippen molar-refractivity contribution in [3.05, 3.63) is 59.8 Å². The number of methoxy groups -OCH3 is 1. The van der Waals surface area contributed by atoms with Gasteiger partial charge in [0.05, 0.1) is 31.6 Å². The number of halogens is 1. The van der Waals surface area contributed by atoms with E-state index in [0.29, 0.717) is 12.8 Å². The van der Waals surface area contributed by atoms with Crippen LogP contribution in [0.25, 0.3) is 5.69 Å². The van der Waals surface area contributed by atoms with E-state index in [1.54, 1.807) is 4.90 Å². The third-order valence-corrected chi connectivity index (χ3v) is 5.53. The lowest BCUT2D eigenvalue weighted by Crippen LogP contribution is -2.49. The number of rotatable bonds is 6. The van der Waals surface area contributed by atoms with Gasteiger partial charge in [-0.2, -0.15) is 10.2 Å². The van der Waals surface area contributed by atoms with Crippen LogP contribution in [0.15, 0.2) is 42.9 Å². The molecule has 1 N–H and O–H groups in total. The molecule has 11 heteroatoms. The molecule has 0 unspecified atom stereocenters. The van der Waals surface area contributed by atoms with E-state index in [-0.39, 0.29) is 41.0 Å². The zero-order valence-corrected chi connectivity index (χ0v) is 18.0. The average Bonchev–Trinajstić information content (AvgIpc) is 3.33. The predicted molar refractivity (Wildman–Crippen MR) is 113 cm³/mol. The molecule has 1 amide bonds. The van der Waals surface area contributed by atoms with Crippen molar-refractivity contribution in [2.45, 2.75) is 31.9 Å². The molecule has 3 heterocycles. The van der Waals surface area contributed by atoms with Gasteiger partial charge < -0.3 is 19.5 Å². The highest BCUT2D eigenvalue weighted by atomic mass is 19.1. The van der Waals surface area contributed by atoms with E-state index < -0.39 is 23.8 Å². The van der Waals surface area contributed by atoms with Crippen molar-refractivity contribution in [3.8, 4) is 17.3 Å². The van der Waals surface area contributed by atoms with Crippen LogP contribution in [-0.4, -0.2) is 67.7 Å². The van der Waals surface area contributed by atoms with E-state index >= 15 is 0 Å². The molecule has 2 atom stereocenters. The number of piperidine rings is 1. The minimum absolute atomic E-state index is 0.0367. The highest BCUT2D eigenvalue weighted by Gasteiger charge is 2.34. The summed E-state index contributed by atoms with van der Waals surface area (Å²) in [5, 5.41) is 17.5. The van der Waals surface area contributed by atoms with E-state index in [0.717, 1.165) is 4.80 Å². The SMILES string of the molecule is COc1ccnc(O[C@@H]2CC[C@@H](C)N(C(=O)c3cccc(F)c3-n3nccn3)C2)c1C(=O)O. The van der Waals surface area contributed by atoms with Gasteiger partial charge in [0.1, 0.15) is 17.5 Å². The number of carbonyl (C=O) groups excluding carboxylic acids is 1. The molecule has 4 rings (SSSR count). The number of carbonyl (C=O) groups is 2. The van der Waals surface area contributed by atoms with Crippen LogP contribution < -0.4 is 9.47 Å². The summed E-state index contributed by atoms with van der Waals surface area (Å²) in [7, 11) is 1.36. The first-order valence-electron chi connectivity index (χ1n) is 10.3. The molecule has 1 fully saturated rings. The Morgan fingerprint density at radius 1 is 1.15 bits per heavy atom. The Kier molecular flexibility index (Phi) is 6.20. The molecular weight excluding hydrogens is 433 g/mol. The summed E-state index contributed by atoms with van der Waals surface area (Å²) >= 11 is 0. The second-order valence-corrected chi connectivity index (χ2v) is 7.58. The van der Waals surface area contributed by atoms with Gasteiger partial charge in [-0.1, -0.05) is 6.07 Å². The number of likely N-dealkylation sites (tertiary alicyclic amines) is 1. The predicted octanol–water partition coefficient (Wildman–Crippen LogP) is 2.58. The highest BCUT2D eigenvalue weighted by Crippen LogP contribution is 2.30. The number of ether oxygens (including phenoxy) is 2. The van der Waals surface area contributed by atoms with Crippen molar-refractivity contribution in [3.63, 3.8) is 0 Å². The Balaban J connectivity index is 1.61. The summed E-state index contributed by atoms with van der Waals surface area (Å²) in [6, 6.07) is 5.51. The zero-order chi connectivity index (χ0) is 23.5. The Labute approximate surface area is 188 Å². The molecule has 10 nitrogen and oxygen atoms in total. The first kappa shape index (κ1) is 22.2. The lowest BCUT2D eigenvalue weighted by atomic mass is 9.99. The molecule has 0 aliphatic carbocycles. The van der Waals surface area contributed by atoms with Gasteiger partial charge in [0.2, 0.25) is 5.88 Å². The Bertz CT molecular complexity index is 1170. The van der Waals surface area contributed by atoms with Gasteiger partial charge in [-0.3, -0.25) is 4.79 Å². The van der Waals surface area contributed by atoms with Crippen molar-refractivity contribution in [2.24, 2.45) is 0 Å². The molecule has 0 radical (unpaired) electrons. The van der Waals surface area contributed by atoms with Gasteiger partial charge in [-0.15, -0.1) is 4.80 Å². The molecule has 1 aliphatic rings. The topological polar surface area (TPSA) is 120 Å². The van der Waals surface area contributed by atoms with Crippen LogP contribution in [0.2, 0.25) is 0 Å². The molecule has 3 aromatic rings. The molecule has 172 valence electrons.